The molecule has 174 valence electrons. The number of alkyl halides is 7. The molecule has 2 aromatic carbocycles. The molecule has 0 radical (unpaired) electrons. The van der Waals surface area contributed by atoms with E-state index in [-0.39, 0.29) is 18.5 Å². The number of carboxylic acid groups (broad SMARTS) is 1. The van der Waals surface area contributed by atoms with Crippen molar-refractivity contribution in [3.63, 3.8) is 0 Å². The number of nitrogens with one attached hydrogen (secondary N) is 1. The molecule has 0 saturated carbocycles. The Kier molecular flexibility index (Phi) is 6.24. The highest BCUT2D eigenvalue weighted by molar-refractivity contribution is 8.00. The fourth-order valence-corrected chi connectivity index (χ4v) is 4.90. The second-order valence-electron chi connectivity index (χ2n) is 7.26. The van der Waals surface area contributed by atoms with Gasteiger partial charge in [-0.05, 0) is 36.2 Å². The maximum absolute atomic E-state index is 14.3. The van der Waals surface area contributed by atoms with E-state index in [9.17, 15) is 45.0 Å². The van der Waals surface area contributed by atoms with Crippen molar-refractivity contribution in [1.82, 2.24) is 5.32 Å². The van der Waals surface area contributed by atoms with Crippen molar-refractivity contribution < 1.29 is 45.0 Å². The molecule has 0 spiro atoms. The van der Waals surface area contributed by atoms with E-state index in [1.165, 1.54) is 12.1 Å². The summed E-state index contributed by atoms with van der Waals surface area (Å²) in [5.41, 5.74) is -7.00. The predicted octanol–water partition coefficient (Wildman–Crippen LogP) is 5.55. The minimum atomic E-state index is -6.24. The van der Waals surface area contributed by atoms with Crippen molar-refractivity contribution in [3.05, 3.63) is 65.5 Å². The van der Waals surface area contributed by atoms with Gasteiger partial charge in [0.25, 0.3) is 0 Å². The molecule has 32 heavy (non-hydrogen) atoms. The van der Waals surface area contributed by atoms with E-state index >= 15 is 0 Å². The summed E-state index contributed by atoms with van der Waals surface area (Å²) >= 11 is 1.08. The Labute approximate surface area is 180 Å². The van der Waals surface area contributed by atoms with Gasteiger partial charge in [0.15, 0.2) is 0 Å². The molecule has 0 aliphatic carbocycles. The zero-order valence-electron chi connectivity index (χ0n) is 15.9. The smallest absolute Gasteiger partial charge is 0.435 e. The van der Waals surface area contributed by atoms with E-state index in [4.69, 9.17) is 0 Å². The zero-order chi connectivity index (χ0) is 23.9. The number of hydrogen-bond acceptors (Lipinski definition) is 3. The molecule has 1 aliphatic heterocycles. The van der Waals surface area contributed by atoms with Crippen LogP contribution in [0.4, 0.5) is 35.1 Å². The van der Waals surface area contributed by atoms with Gasteiger partial charge in [0.2, 0.25) is 0 Å². The van der Waals surface area contributed by atoms with Gasteiger partial charge in [0.05, 0.1) is 4.75 Å². The molecule has 2 aromatic rings. The highest BCUT2D eigenvalue weighted by atomic mass is 32.2. The third-order valence-electron chi connectivity index (χ3n) is 5.18. The number of benzene rings is 2. The van der Waals surface area contributed by atoms with Gasteiger partial charge in [0.1, 0.15) is 11.9 Å². The maximum atomic E-state index is 14.3. The lowest BCUT2D eigenvalue weighted by Gasteiger charge is -2.32. The van der Waals surface area contributed by atoms with Crippen LogP contribution in [0.2, 0.25) is 0 Å². The number of hydrogen-bond donors (Lipinski definition) is 2. The summed E-state index contributed by atoms with van der Waals surface area (Å²) in [6.45, 7) is 0.00463. The lowest BCUT2D eigenvalue weighted by molar-refractivity contribution is -0.348. The average molecular weight is 485 g/mol. The zero-order valence-corrected chi connectivity index (χ0v) is 16.7. The Morgan fingerprint density at radius 2 is 1.47 bits per heavy atom. The topological polar surface area (TPSA) is 49.3 Å². The molecule has 1 aliphatic rings. The van der Waals surface area contributed by atoms with Gasteiger partial charge in [0, 0.05) is 17.0 Å². The molecule has 2 atom stereocenters. The van der Waals surface area contributed by atoms with Crippen LogP contribution in [0.25, 0.3) is 0 Å². The molecule has 3 rings (SSSR count). The van der Waals surface area contributed by atoms with E-state index < -0.39 is 46.2 Å². The van der Waals surface area contributed by atoms with Gasteiger partial charge < -0.3 is 10.4 Å². The Balaban J connectivity index is 2.03. The lowest BCUT2D eigenvalue weighted by Crippen LogP contribution is -2.50. The van der Waals surface area contributed by atoms with Gasteiger partial charge in [-0.2, -0.15) is 26.3 Å². The lowest BCUT2D eigenvalue weighted by atomic mass is 9.89. The molecule has 1 heterocycles. The van der Waals surface area contributed by atoms with E-state index in [1.807, 2.05) is 0 Å². The van der Waals surface area contributed by atoms with E-state index in [0.29, 0.717) is 17.0 Å². The van der Waals surface area contributed by atoms with Crippen molar-refractivity contribution in [2.75, 3.05) is 6.54 Å². The summed E-state index contributed by atoms with van der Waals surface area (Å²) in [6.07, 6.45) is -12.5. The second kappa shape index (κ2) is 8.22. The first-order valence-electron chi connectivity index (χ1n) is 9.04. The fraction of sp³-hybridized carbons (Fsp3) is 0.350. The van der Waals surface area contributed by atoms with E-state index in [0.717, 1.165) is 36.0 Å². The summed E-state index contributed by atoms with van der Waals surface area (Å²) in [4.78, 5) is 11.9. The first-order valence-corrected chi connectivity index (χ1v) is 9.85. The Hall–Kier alpha value is -2.34. The van der Waals surface area contributed by atoms with Crippen LogP contribution in [0.5, 0.6) is 0 Å². The largest absolute Gasteiger partial charge is 0.480 e. The average Bonchev–Trinajstić information content (AvgIpc) is 3.13. The first kappa shape index (κ1) is 24.3. The molecule has 2 unspecified atom stereocenters. The van der Waals surface area contributed by atoms with Crippen molar-refractivity contribution in [2.45, 2.75) is 40.1 Å². The van der Waals surface area contributed by atoms with E-state index in [1.54, 1.807) is 0 Å². The van der Waals surface area contributed by atoms with Crippen LogP contribution in [0.15, 0.2) is 53.4 Å². The van der Waals surface area contributed by atoms with Gasteiger partial charge >= 0.3 is 24.0 Å². The van der Waals surface area contributed by atoms with Crippen LogP contribution in [0, 0.1) is 5.82 Å². The molecule has 12 heteroatoms. The number of aliphatic carboxylic acids is 1. The fourth-order valence-electron chi connectivity index (χ4n) is 3.51. The van der Waals surface area contributed by atoms with E-state index in [2.05, 4.69) is 5.32 Å². The molecule has 1 saturated heterocycles. The molecule has 0 bridgehead atoms. The molecule has 0 amide bonds. The summed E-state index contributed by atoms with van der Waals surface area (Å²) in [7, 11) is 0. The van der Waals surface area contributed by atoms with Crippen molar-refractivity contribution in [3.8, 4) is 0 Å². The van der Waals surface area contributed by atoms with Gasteiger partial charge in [-0.1, -0.05) is 24.3 Å². The van der Waals surface area contributed by atoms with Crippen LogP contribution in [-0.4, -0.2) is 36.0 Å². The maximum Gasteiger partial charge on any atom is 0.435 e. The third kappa shape index (κ3) is 4.29. The van der Waals surface area contributed by atoms with Crippen LogP contribution >= 0.6 is 11.8 Å². The van der Waals surface area contributed by atoms with Crippen LogP contribution < -0.4 is 5.32 Å². The van der Waals surface area contributed by atoms with Gasteiger partial charge in [-0.25, -0.2) is 8.78 Å². The quantitative estimate of drug-likeness (QED) is 0.546. The number of halogens is 8. The number of carboxylic acids is 1. The number of rotatable bonds is 5. The third-order valence-corrected chi connectivity index (χ3v) is 6.63. The van der Waals surface area contributed by atoms with Crippen LogP contribution in [-0.2, 0) is 15.2 Å². The standard InChI is InChI=1S/C20H15F8NO2S/c21-13-5-7-14(8-6-13)32-17(9-15(16(30)31)29-10-17)11-1-3-12(4-2-11)18(22,19(23,24)25)20(26,27)28/h1-8,15,29H,9-10H2,(H,30,31). The molecule has 2 N–H and O–H groups in total. The number of carbonyl (C=O) groups is 1. The summed E-state index contributed by atoms with van der Waals surface area (Å²) in [6, 6.07) is 6.73. The number of thioether (sulfide) groups is 1. The van der Waals surface area contributed by atoms with Gasteiger partial charge in [-0.15, -0.1) is 11.8 Å². The molecule has 0 aromatic heterocycles. The highest BCUT2D eigenvalue weighted by Gasteiger charge is 2.73. The Morgan fingerprint density at radius 1 is 0.938 bits per heavy atom. The van der Waals surface area contributed by atoms with Crippen molar-refractivity contribution in [1.29, 1.82) is 0 Å². The summed E-state index contributed by atoms with van der Waals surface area (Å²) in [5.74, 6) is -1.72. The van der Waals surface area contributed by atoms with Crippen LogP contribution in [0.1, 0.15) is 17.5 Å². The molecule has 3 nitrogen and oxygen atoms in total. The molecule has 1 fully saturated rings. The summed E-state index contributed by atoms with van der Waals surface area (Å²) in [5, 5.41) is 12.0. The Bertz CT molecular complexity index is 961. The Morgan fingerprint density at radius 3 is 1.91 bits per heavy atom. The minimum Gasteiger partial charge on any atom is -0.480 e. The van der Waals surface area contributed by atoms with Crippen molar-refractivity contribution in [2.24, 2.45) is 0 Å². The monoisotopic (exact) mass is 485 g/mol. The SMILES string of the molecule is O=C(O)C1CC(Sc2ccc(F)cc2)(c2ccc(C(F)(C(F)(F)F)C(F)(F)F)cc2)CN1. The summed E-state index contributed by atoms with van der Waals surface area (Å²) < 4.78 is 105. The predicted molar refractivity (Wildman–Crippen MR) is 99.3 cm³/mol. The highest BCUT2D eigenvalue weighted by Crippen LogP contribution is 2.54. The normalized spacial score (nSPS) is 22.2. The second-order valence-corrected chi connectivity index (χ2v) is 8.71. The van der Waals surface area contributed by atoms with Gasteiger partial charge in [-0.3, -0.25) is 4.79 Å². The van der Waals surface area contributed by atoms with Crippen molar-refractivity contribution >= 4 is 17.7 Å². The molecular weight excluding hydrogens is 470 g/mol. The minimum absolute atomic E-state index is 0.00463. The molecular formula is C20H15F8NO2S. The first-order chi connectivity index (χ1) is 14.7. The van der Waals surface area contributed by atoms with Crippen LogP contribution in [0.3, 0.4) is 0 Å².